The first-order valence-corrected chi connectivity index (χ1v) is 9.23. The lowest BCUT2D eigenvalue weighted by Crippen LogP contribution is -2.47. The summed E-state index contributed by atoms with van der Waals surface area (Å²) in [5.74, 6) is 0. The summed E-state index contributed by atoms with van der Waals surface area (Å²) in [5.41, 5.74) is 0. The van der Waals surface area contributed by atoms with E-state index in [4.69, 9.17) is 23.2 Å². The van der Waals surface area contributed by atoms with Crippen LogP contribution in [0.1, 0.15) is 25.7 Å². The Morgan fingerprint density at radius 3 is 2.35 bits per heavy atom. The number of hydrogen-bond acceptors (Lipinski definition) is 4. The lowest BCUT2D eigenvalue weighted by atomic mass is 10.0. The molecule has 2 atom stereocenters. The summed E-state index contributed by atoms with van der Waals surface area (Å²) in [6.45, 7) is 0. The first kappa shape index (κ1) is 16.8. The number of piperidine rings is 1. The van der Waals surface area contributed by atoms with Crippen molar-refractivity contribution in [3.05, 3.63) is 14.7 Å². The average Bonchev–Trinajstić information content (AvgIpc) is 2.81. The number of hydrogen-bond donors (Lipinski definition) is 2. The second-order valence-corrected chi connectivity index (χ2v) is 9.08. The van der Waals surface area contributed by atoms with Gasteiger partial charge in [-0.3, -0.25) is 0 Å². The fraction of sp³-hybridized carbons (Fsp3) is 0.636. The lowest BCUT2D eigenvalue weighted by molar-refractivity contribution is 0.345. The van der Waals surface area contributed by atoms with Crippen molar-refractivity contribution in [2.24, 2.45) is 0 Å². The molecule has 0 radical (unpaired) electrons. The monoisotopic (exact) mass is 376 g/mol. The van der Waals surface area contributed by atoms with E-state index in [9.17, 15) is 8.42 Å². The zero-order chi connectivity index (χ0) is 13.6. The van der Waals surface area contributed by atoms with Gasteiger partial charge in [0.25, 0.3) is 0 Å². The number of thiophene rings is 1. The van der Waals surface area contributed by atoms with Crippen LogP contribution in [0, 0.1) is 0 Å². The molecule has 20 heavy (non-hydrogen) atoms. The van der Waals surface area contributed by atoms with Gasteiger partial charge in [-0.15, -0.1) is 23.7 Å². The molecule has 2 bridgehead atoms. The number of halogens is 3. The Labute approximate surface area is 138 Å². The van der Waals surface area contributed by atoms with Crippen LogP contribution in [0.3, 0.4) is 0 Å². The summed E-state index contributed by atoms with van der Waals surface area (Å²) in [6, 6.07) is 2.27. The third kappa shape index (κ3) is 3.43. The molecular weight excluding hydrogens is 363 g/mol. The zero-order valence-corrected chi connectivity index (χ0v) is 14.4. The highest BCUT2D eigenvalue weighted by molar-refractivity contribution is 7.89. The maximum absolute atomic E-state index is 12.3. The second kappa shape index (κ2) is 6.28. The van der Waals surface area contributed by atoms with Crippen LogP contribution < -0.4 is 10.0 Å². The standard InChI is InChI=1S/C11H14Cl2N2O2S2.ClH/c12-10-5-9(11(13)18-10)19(16,17)15-8-3-6-1-2-7(4-8)14-6;/h5-8,14-15H,1-4H2;1H. The van der Waals surface area contributed by atoms with Crippen LogP contribution in [0.4, 0.5) is 0 Å². The van der Waals surface area contributed by atoms with E-state index in [-0.39, 0.29) is 27.7 Å². The Kier molecular flexibility index (Phi) is 5.28. The van der Waals surface area contributed by atoms with Gasteiger partial charge in [0.2, 0.25) is 10.0 Å². The lowest BCUT2D eigenvalue weighted by Gasteiger charge is -2.29. The van der Waals surface area contributed by atoms with E-state index in [0.29, 0.717) is 16.4 Å². The first-order chi connectivity index (χ1) is 8.94. The van der Waals surface area contributed by atoms with Gasteiger partial charge in [0.05, 0.1) is 4.34 Å². The predicted molar refractivity (Wildman–Crippen MR) is 84.9 cm³/mol. The summed E-state index contributed by atoms with van der Waals surface area (Å²) in [7, 11) is -3.57. The largest absolute Gasteiger partial charge is 0.311 e. The fourth-order valence-corrected chi connectivity index (χ4v) is 6.36. The van der Waals surface area contributed by atoms with Crippen molar-refractivity contribution in [1.29, 1.82) is 0 Å². The van der Waals surface area contributed by atoms with Crippen LogP contribution in [0.5, 0.6) is 0 Å². The molecule has 4 nitrogen and oxygen atoms in total. The van der Waals surface area contributed by atoms with Crippen molar-refractivity contribution in [1.82, 2.24) is 10.0 Å². The molecule has 3 heterocycles. The number of sulfonamides is 1. The molecule has 2 N–H and O–H groups in total. The van der Waals surface area contributed by atoms with Crippen molar-refractivity contribution < 1.29 is 8.42 Å². The smallest absolute Gasteiger partial charge is 0.243 e. The molecule has 2 fully saturated rings. The molecule has 2 saturated heterocycles. The highest BCUT2D eigenvalue weighted by Crippen LogP contribution is 2.35. The zero-order valence-electron chi connectivity index (χ0n) is 10.4. The van der Waals surface area contributed by atoms with Crippen LogP contribution in [0.2, 0.25) is 8.67 Å². The molecule has 0 spiro atoms. The molecule has 114 valence electrons. The van der Waals surface area contributed by atoms with Gasteiger partial charge in [0, 0.05) is 18.1 Å². The van der Waals surface area contributed by atoms with E-state index in [1.165, 1.54) is 6.07 Å². The van der Waals surface area contributed by atoms with Gasteiger partial charge >= 0.3 is 0 Å². The van der Waals surface area contributed by atoms with Gasteiger partial charge < -0.3 is 5.32 Å². The maximum atomic E-state index is 12.3. The minimum absolute atomic E-state index is 0. The quantitative estimate of drug-likeness (QED) is 0.851. The molecule has 1 aromatic heterocycles. The van der Waals surface area contributed by atoms with E-state index < -0.39 is 10.0 Å². The fourth-order valence-electron chi connectivity index (χ4n) is 2.94. The predicted octanol–water partition coefficient (Wildman–Crippen LogP) is 3.04. The van der Waals surface area contributed by atoms with Crippen LogP contribution >= 0.6 is 46.9 Å². The van der Waals surface area contributed by atoms with Crippen LogP contribution in [-0.4, -0.2) is 26.5 Å². The summed E-state index contributed by atoms with van der Waals surface area (Å²) in [5, 5.41) is 3.48. The third-order valence-electron chi connectivity index (χ3n) is 3.71. The van der Waals surface area contributed by atoms with Gasteiger partial charge in [-0.25, -0.2) is 13.1 Å². The highest BCUT2D eigenvalue weighted by Gasteiger charge is 2.35. The second-order valence-electron chi connectivity index (χ2n) is 5.12. The third-order valence-corrected chi connectivity index (χ3v) is 6.98. The summed E-state index contributed by atoms with van der Waals surface area (Å²) in [4.78, 5) is 0.0926. The molecule has 2 aliphatic heterocycles. The molecule has 0 aromatic carbocycles. The molecule has 2 unspecified atom stereocenters. The van der Waals surface area contributed by atoms with Crippen LogP contribution in [0.25, 0.3) is 0 Å². The van der Waals surface area contributed by atoms with E-state index >= 15 is 0 Å². The van der Waals surface area contributed by atoms with Gasteiger partial charge in [0.1, 0.15) is 9.23 Å². The van der Waals surface area contributed by atoms with Crippen molar-refractivity contribution in [2.75, 3.05) is 0 Å². The molecule has 0 saturated carbocycles. The molecule has 0 amide bonds. The average molecular weight is 378 g/mol. The van der Waals surface area contributed by atoms with Gasteiger partial charge in [-0.05, 0) is 31.7 Å². The number of nitrogens with one attached hydrogen (secondary N) is 2. The van der Waals surface area contributed by atoms with Gasteiger partial charge in [-0.1, -0.05) is 23.2 Å². The topological polar surface area (TPSA) is 58.2 Å². The minimum atomic E-state index is -3.57. The van der Waals surface area contributed by atoms with E-state index in [2.05, 4.69) is 10.0 Å². The number of fused-ring (bicyclic) bond motifs is 2. The van der Waals surface area contributed by atoms with Crippen molar-refractivity contribution in [3.63, 3.8) is 0 Å². The van der Waals surface area contributed by atoms with Crippen molar-refractivity contribution >= 4 is 57.0 Å². The van der Waals surface area contributed by atoms with Crippen LogP contribution in [0.15, 0.2) is 11.0 Å². The van der Waals surface area contributed by atoms with Gasteiger partial charge in [-0.2, -0.15) is 0 Å². The summed E-state index contributed by atoms with van der Waals surface area (Å²) >= 11 is 12.8. The molecule has 0 aliphatic carbocycles. The van der Waals surface area contributed by atoms with Crippen LogP contribution in [-0.2, 0) is 10.0 Å². The highest BCUT2D eigenvalue weighted by atomic mass is 35.5. The Bertz CT molecular complexity index is 578. The SMILES string of the molecule is Cl.O=S(=O)(NC1CC2CCC(C1)N2)c1cc(Cl)sc1Cl. The van der Waals surface area contributed by atoms with E-state index in [1.54, 1.807) is 0 Å². The number of rotatable bonds is 3. The maximum Gasteiger partial charge on any atom is 0.243 e. The van der Waals surface area contributed by atoms with Gasteiger partial charge in [0.15, 0.2) is 0 Å². The molecule has 1 aromatic rings. The summed E-state index contributed by atoms with van der Waals surface area (Å²) < 4.78 is 28.0. The van der Waals surface area contributed by atoms with Crippen molar-refractivity contribution in [3.8, 4) is 0 Å². The summed E-state index contributed by atoms with van der Waals surface area (Å²) in [6.07, 6.45) is 3.94. The Hall–Kier alpha value is 0.440. The Balaban J connectivity index is 0.00000147. The van der Waals surface area contributed by atoms with Crippen molar-refractivity contribution in [2.45, 2.75) is 48.7 Å². The first-order valence-electron chi connectivity index (χ1n) is 6.17. The molecule has 2 aliphatic rings. The van der Waals surface area contributed by atoms with E-state index in [0.717, 1.165) is 37.0 Å². The minimum Gasteiger partial charge on any atom is -0.311 e. The molecule has 9 heteroatoms. The molecule has 3 rings (SSSR count). The Morgan fingerprint density at radius 1 is 1.25 bits per heavy atom. The Morgan fingerprint density at radius 2 is 1.85 bits per heavy atom. The van der Waals surface area contributed by atoms with E-state index in [1.807, 2.05) is 0 Å². The normalized spacial score (nSPS) is 29.2. The molecular formula is C11H15Cl3N2O2S2.